The lowest BCUT2D eigenvalue weighted by Crippen LogP contribution is -2.54. The summed E-state index contributed by atoms with van der Waals surface area (Å²) in [4.78, 5) is 13.4. The van der Waals surface area contributed by atoms with Gasteiger partial charge in [0.1, 0.15) is 0 Å². The number of nitrogens with one attached hydrogen (secondary N) is 1. The summed E-state index contributed by atoms with van der Waals surface area (Å²) in [6, 6.07) is 0.317. The van der Waals surface area contributed by atoms with E-state index in [4.69, 9.17) is 5.11 Å². The lowest BCUT2D eigenvalue weighted by Gasteiger charge is -2.45. The van der Waals surface area contributed by atoms with E-state index in [1.54, 1.807) is 0 Å². The number of carboxylic acids is 1. The van der Waals surface area contributed by atoms with Crippen molar-refractivity contribution in [2.75, 3.05) is 26.7 Å². The molecule has 0 aromatic heterocycles. The molecule has 1 heterocycles. The smallest absolute Gasteiger partial charge is 0.308 e. The molecule has 0 amide bonds. The van der Waals surface area contributed by atoms with Crippen molar-refractivity contribution in [2.24, 2.45) is 11.8 Å². The summed E-state index contributed by atoms with van der Waals surface area (Å²) in [5.74, 6) is -0.00544. The third kappa shape index (κ3) is 2.38. The Bertz CT molecular complexity index is 255. The predicted octanol–water partition coefficient (Wildman–Crippen LogP) is 0.781. The summed E-state index contributed by atoms with van der Waals surface area (Å²) >= 11 is 0. The first-order chi connectivity index (χ1) is 7.72. The summed E-state index contributed by atoms with van der Waals surface area (Å²) in [6.45, 7) is 3.23. The van der Waals surface area contributed by atoms with E-state index in [-0.39, 0.29) is 5.92 Å². The average molecular weight is 226 g/mol. The Labute approximate surface area is 97.0 Å². The molecule has 92 valence electrons. The molecular formula is C12H22N2O2. The monoisotopic (exact) mass is 226 g/mol. The highest BCUT2D eigenvalue weighted by Gasteiger charge is 2.41. The zero-order chi connectivity index (χ0) is 11.5. The fourth-order valence-corrected chi connectivity index (χ4v) is 3.06. The van der Waals surface area contributed by atoms with Crippen molar-refractivity contribution in [2.45, 2.75) is 31.7 Å². The molecule has 0 bridgehead atoms. The second-order valence-electron chi connectivity index (χ2n) is 5.15. The maximum atomic E-state index is 11.0. The first kappa shape index (κ1) is 11.9. The van der Waals surface area contributed by atoms with E-state index < -0.39 is 5.97 Å². The van der Waals surface area contributed by atoms with Crippen LogP contribution >= 0.6 is 0 Å². The minimum absolute atomic E-state index is 0.103. The average Bonchev–Trinajstić information content (AvgIpc) is 2.16. The minimum Gasteiger partial charge on any atom is -0.481 e. The number of carboxylic acid groups (broad SMARTS) is 1. The van der Waals surface area contributed by atoms with Crippen LogP contribution < -0.4 is 5.32 Å². The SMILES string of the molecule is CNCC1CCCN(C2CCC2C(=O)O)C1. The zero-order valence-electron chi connectivity index (χ0n) is 9.98. The largest absolute Gasteiger partial charge is 0.481 e. The molecule has 3 atom stereocenters. The van der Waals surface area contributed by atoms with Gasteiger partial charge in [0.05, 0.1) is 5.92 Å². The molecule has 1 aliphatic heterocycles. The van der Waals surface area contributed by atoms with Crippen LogP contribution in [0.1, 0.15) is 25.7 Å². The maximum Gasteiger partial charge on any atom is 0.308 e. The highest BCUT2D eigenvalue weighted by atomic mass is 16.4. The number of hydrogen-bond acceptors (Lipinski definition) is 3. The van der Waals surface area contributed by atoms with Crippen molar-refractivity contribution < 1.29 is 9.90 Å². The van der Waals surface area contributed by atoms with Crippen molar-refractivity contribution in [1.82, 2.24) is 10.2 Å². The number of piperidine rings is 1. The quantitative estimate of drug-likeness (QED) is 0.744. The minimum atomic E-state index is -0.605. The molecule has 1 saturated heterocycles. The van der Waals surface area contributed by atoms with Crippen LogP contribution in [0.3, 0.4) is 0 Å². The Balaban J connectivity index is 1.87. The van der Waals surface area contributed by atoms with Crippen molar-refractivity contribution in [3.05, 3.63) is 0 Å². The van der Waals surface area contributed by atoms with Gasteiger partial charge in [0.2, 0.25) is 0 Å². The fourth-order valence-electron chi connectivity index (χ4n) is 3.06. The van der Waals surface area contributed by atoms with E-state index in [0.29, 0.717) is 12.0 Å². The maximum absolute atomic E-state index is 11.0. The topological polar surface area (TPSA) is 52.6 Å². The van der Waals surface area contributed by atoms with Gasteiger partial charge in [-0.15, -0.1) is 0 Å². The third-order valence-electron chi connectivity index (χ3n) is 4.07. The number of likely N-dealkylation sites (tertiary alicyclic amines) is 1. The van der Waals surface area contributed by atoms with Crippen LogP contribution in [0.15, 0.2) is 0 Å². The third-order valence-corrected chi connectivity index (χ3v) is 4.07. The number of carbonyl (C=O) groups is 1. The Kier molecular flexibility index (Phi) is 3.82. The van der Waals surface area contributed by atoms with Crippen LogP contribution in [0.5, 0.6) is 0 Å². The number of aliphatic carboxylic acids is 1. The number of hydrogen-bond donors (Lipinski definition) is 2. The second kappa shape index (κ2) is 5.15. The van der Waals surface area contributed by atoms with Crippen molar-refractivity contribution >= 4 is 5.97 Å². The molecule has 1 aliphatic carbocycles. The van der Waals surface area contributed by atoms with Crippen LogP contribution in [-0.4, -0.2) is 48.7 Å². The molecule has 2 rings (SSSR count). The first-order valence-electron chi connectivity index (χ1n) is 6.34. The van der Waals surface area contributed by atoms with Crippen molar-refractivity contribution in [3.63, 3.8) is 0 Å². The highest BCUT2D eigenvalue weighted by molar-refractivity contribution is 5.72. The standard InChI is InChI=1S/C12H22N2O2/c1-13-7-9-3-2-6-14(8-9)11-5-4-10(11)12(15)16/h9-11,13H,2-8H2,1H3,(H,15,16). The molecule has 0 spiro atoms. The van der Waals surface area contributed by atoms with Crippen LogP contribution in [0.25, 0.3) is 0 Å². The summed E-state index contributed by atoms with van der Waals surface area (Å²) in [6.07, 6.45) is 4.44. The van der Waals surface area contributed by atoms with Crippen molar-refractivity contribution in [3.8, 4) is 0 Å². The van der Waals surface area contributed by atoms with Crippen molar-refractivity contribution in [1.29, 1.82) is 0 Å². The van der Waals surface area contributed by atoms with Gasteiger partial charge in [0.25, 0.3) is 0 Å². The van der Waals surface area contributed by atoms with Gasteiger partial charge in [-0.1, -0.05) is 0 Å². The molecule has 0 aromatic rings. The predicted molar refractivity (Wildman–Crippen MR) is 62.4 cm³/mol. The van der Waals surface area contributed by atoms with Gasteiger partial charge in [-0.05, 0) is 51.7 Å². The first-order valence-corrected chi connectivity index (χ1v) is 6.34. The van der Waals surface area contributed by atoms with E-state index in [2.05, 4.69) is 10.2 Å². The van der Waals surface area contributed by atoms with Crippen LogP contribution in [0, 0.1) is 11.8 Å². The molecule has 3 unspecified atom stereocenters. The van der Waals surface area contributed by atoms with Crippen LogP contribution in [-0.2, 0) is 4.79 Å². The normalized spacial score (nSPS) is 35.7. The van der Waals surface area contributed by atoms with Gasteiger partial charge < -0.3 is 10.4 Å². The van der Waals surface area contributed by atoms with Gasteiger partial charge in [-0.3, -0.25) is 9.69 Å². The van der Waals surface area contributed by atoms with Crippen LogP contribution in [0.4, 0.5) is 0 Å². The van der Waals surface area contributed by atoms with Gasteiger partial charge >= 0.3 is 5.97 Å². The Morgan fingerprint density at radius 2 is 2.25 bits per heavy atom. The van der Waals surface area contributed by atoms with Gasteiger partial charge in [-0.2, -0.15) is 0 Å². The zero-order valence-corrected chi connectivity index (χ0v) is 9.98. The molecule has 4 nitrogen and oxygen atoms in total. The molecular weight excluding hydrogens is 204 g/mol. The number of nitrogens with zero attached hydrogens (tertiary/aromatic N) is 1. The van der Waals surface area contributed by atoms with E-state index in [1.807, 2.05) is 7.05 Å². The molecule has 0 aromatic carbocycles. The Morgan fingerprint density at radius 1 is 1.44 bits per heavy atom. The lowest BCUT2D eigenvalue weighted by atomic mass is 9.77. The fraction of sp³-hybridized carbons (Fsp3) is 0.917. The van der Waals surface area contributed by atoms with Gasteiger partial charge in [-0.25, -0.2) is 0 Å². The second-order valence-corrected chi connectivity index (χ2v) is 5.15. The Morgan fingerprint density at radius 3 is 2.81 bits per heavy atom. The molecule has 16 heavy (non-hydrogen) atoms. The van der Waals surface area contributed by atoms with E-state index in [1.165, 1.54) is 12.8 Å². The van der Waals surface area contributed by atoms with Gasteiger partial charge in [0.15, 0.2) is 0 Å². The number of rotatable bonds is 4. The van der Waals surface area contributed by atoms with Gasteiger partial charge in [0, 0.05) is 12.6 Å². The highest BCUT2D eigenvalue weighted by Crippen LogP contribution is 2.34. The molecule has 4 heteroatoms. The molecule has 0 radical (unpaired) electrons. The summed E-state index contributed by atoms with van der Waals surface area (Å²) < 4.78 is 0. The molecule has 2 aliphatic rings. The molecule has 2 fully saturated rings. The van der Waals surface area contributed by atoms with E-state index in [9.17, 15) is 4.79 Å². The lowest BCUT2D eigenvalue weighted by molar-refractivity contribution is -0.149. The van der Waals surface area contributed by atoms with Crippen LogP contribution in [0.2, 0.25) is 0 Å². The summed E-state index contributed by atoms with van der Waals surface area (Å²) in [5.41, 5.74) is 0. The Hall–Kier alpha value is -0.610. The summed E-state index contributed by atoms with van der Waals surface area (Å²) in [7, 11) is 1.99. The summed E-state index contributed by atoms with van der Waals surface area (Å²) in [5, 5.41) is 12.3. The molecule has 1 saturated carbocycles. The van der Waals surface area contributed by atoms with E-state index >= 15 is 0 Å². The van der Waals surface area contributed by atoms with E-state index in [0.717, 1.165) is 32.5 Å². The molecule has 2 N–H and O–H groups in total.